The largest absolute Gasteiger partial charge is 0.497 e. The van der Waals surface area contributed by atoms with E-state index in [0.717, 1.165) is 11.1 Å². The van der Waals surface area contributed by atoms with Crippen LogP contribution in [0, 0.1) is 0 Å². The van der Waals surface area contributed by atoms with Crippen molar-refractivity contribution in [2.24, 2.45) is 0 Å². The quantitative estimate of drug-likeness (QED) is 0.266. The summed E-state index contributed by atoms with van der Waals surface area (Å²) in [5.41, 5.74) is 3.52. The minimum absolute atomic E-state index is 0.267. The lowest BCUT2D eigenvalue weighted by Gasteiger charge is -2.21. The number of carbonyl (C=O) groups is 1. The number of hydrogen-bond acceptors (Lipinski definition) is 6. The molecule has 0 unspecified atom stereocenters. The third-order valence-electron chi connectivity index (χ3n) is 5.68. The molecule has 0 spiro atoms. The van der Waals surface area contributed by atoms with E-state index < -0.39 is 0 Å². The number of anilines is 2. The number of nitrogens with one attached hydrogen (secondary N) is 2. The lowest BCUT2D eigenvalue weighted by molar-refractivity contribution is 0.0963. The Balaban J connectivity index is 1.78. The van der Waals surface area contributed by atoms with Crippen molar-refractivity contribution >= 4 is 17.3 Å². The Labute approximate surface area is 217 Å². The maximum Gasteiger partial charge on any atom is 0.253 e. The SMILES string of the molecule is CNC(=O)c1ccc(OCc2ccccc2)c(OCc2ccccc2)c1Nc1cc(OC)cc(OC)c1. The topological polar surface area (TPSA) is 78.1 Å². The van der Waals surface area contributed by atoms with E-state index in [1.54, 1.807) is 39.5 Å². The first-order chi connectivity index (χ1) is 18.1. The lowest BCUT2D eigenvalue weighted by Crippen LogP contribution is -2.20. The van der Waals surface area contributed by atoms with Crippen LogP contribution >= 0.6 is 0 Å². The van der Waals surface area contributed by atoms with Crippen LogP contribution in [0.2, 0.25) is 0 Å². The van der Waals surface area contributed by atoms with Gasteiger partial charge >= 0.3 is 0 Å². The van der Waals surface area contributed by atoms with Crippen molar-refractivity contribution in [1.82, 2.24) is 5.32 Å². The molecule has 0 atom stereocenters. The smallest absolute Gasteiger partial charge is 0.253 e. The molecule has 0 aliphatic rings. The van der Waals surface area contributed by atoms with Gasteiger partial charge in [0.05, 0.1) is 25.5 Å². The second-order valence-corrected chi connectivity index (χ2v) is 8.17. The maximum absolute atomic E-state index is 12.9. The lowest BCUT2D eigenvalue weighted by atomic mass is 10.1. The average Bonchev–Trinajstić information content (AvgIpc) is 2.95. The fourth-order valence-corrected chi connectivity index (χ4v) is 3.76. The molecule has 0 saturated heterocycles. The Morgan fingerprint density at radius 2 is 1.30 bits per heavy atom. The van der Waals surface area contributed by atoms with Gasteiger partial charge in [-0.2, -0.15) is 0 Å². The van der Waals surface area contributed by atoms with E-state index in [0.29, 0.717) is 46.5 Å². The normalized spacial score (nSPS) is 10.4. The van der Waals surface area contributed by atoms with Gasteiger partial charge in [-0.15, -0.1) is 0 Å². The fourth-order valence-electron chi connectivity index (χ4n) is 3.76. The molecule has 4 rings (SSSR count). The summed E-state index contributed by atoms with van der Waals surface area (Å²) in [5, 5.41) is 6.06. The molecule has 4 aromatic carbocycles. The van der Waals surface area contributed by atoms with Crippen molar-refractivity contribution in [3.63, 3.8) is 0 Å². The molecule has 7 heteroatoms. The van der Waals surface area contributed by atoms with Gasteiger partial charge in [-0.25, -0.2) is 0 Å². The fraction of sp³-hybridized carbons (Fsp3) is 0.167. The van der Waals surface area contributed by atoms with Gasteiger partial charge in [0, 0.05) is 30.9 Å². The molecule has 0 aromatic heterocycles. The third kappa shape index (κ3) is 6.52. The highest BCUT2D eigenvalue weighted by Crippen LogP contribution is 2.42. The molecular weight excluding hydrogens is 468 g/mol. The van der Waals surface area contributed by atoms with Crippen LogP contribution < -0.4 is 29.6 Å². The van der Waals surface area contributed by atoms with Crippen molar-refractivity contribution in [3.8, 4) is 23.0 Å². The van der Waals surface area contributed by atoms with Crippen LogP contribution in [0.4, 0.5) is 11.4 Å². The first kappa shape index (κ1) is 25.4. The minimum atomic E-state index is -0.267. The predicted octanol–water partition coefficient (Wildman–Crippen LogP) is 5.97. The molecule has 0 aliphatic carbocycles. The van der Waals surface area contributed by atoms with Crippen molar-refractivity contribution in [3.05, 3.63) is 108 Å². The zero-order chi connectivity index (χ0) is 26.0. The first-order valence-corrected chi connectivity index (χ1v) is 11.8. The number of rotatable bonds is 11. The number of amides is 1. The Bertz CT molecular complexity index is 1300. The zero-order valence-corrected chi connectivity index (χ0v) is 21.1. The molecule has 0 heterocycles. The van der Waals surface area contributed by atoms with Gasteiger partial charge in [-0.3, -0.25) is 4.79 Å². The summed E-state index contributed by atoms with van der Waals surface area (Å²) in [5.74, 6) is 1.86. The molecule has 37 heavy (non-hydrogen) atoms. The molecule has 0 aliphatic heterocycles. The first-order valence-electron chi connectivity index (χ1n) is 11.8. The van der Waals surface area contributed by atoms with Crippen LogP contribution in [0.15, 0.2) is 91.0 Å². The molecule has 0 saturated carbocycles. The van der Waals surface area contributed by atoms with Crippen molar-refractivity contribution in [2.75, 3.05) is 26.6 Å². The van der Waals surface area contributed by atoms with Gasteiger partial charge in [-0.05, 0) is 23.3 Å². The highest BCUT2D eigenvalue weighted by atomic mass is 16.5. The van der Waals surface area contributed by atoms with E-state index in [2.05, 4.69) is 10.6 Å². The summed E-state index contributed by atoms with van der Waals surface area (Å²) in [7, 11) is 4.76. The van der Waals surface area contributed by atoms with Crippen LogP contribution in [0.1, 0.15) is 21.5 Å². The molecule has 7 nitrogen and oxygen atoms in total. The van der Waals surface area contributed by atoms with E-state index >= 15 is 0 Å². The third-order valence-corrected chi connectivity index (χ3v) is 5.68. The molecular formula is C30H30N2O5. The maximum atomic E-state index is 12.9. The van der Waals surface area contributed by atoms with E-state index in [-0.39, 0.29) is 12.5 Å². The van der Waals surface area contributed by atoms with Gasteiger partial charge in [0.15, 0.2) is 11.5 Å². The number of benzene rings is 4. The Morgan fingerprint density at radius 3 is 1.84 bits per heavy atom. The average molecular weight is 499 g/mol. The van der Waals surface area contributed by atoms with Crippen LogP contribution in [0.25, 0.3) is 0 Å². The second kappa shape index (κ2) is 12.4. The Morgan fingerprint density at radius 1 is 0.730 bits per heavy atom. The number of ether oxygens (including phenoxy) is 4. The highest BCUT2D eigenvalue weighted by Gasteiger charge is 2.21. The van der Waals surface area contributed by atoms with Crippen LogP contribution in [-0.2, 0) is 13.2 Å². The van der Waals surface area contributed by atoms with Crippen molar-refractivity contribution < 1.29 is 23.7 Å². The molecule has 2 N–H and O–H groups in total. The van der Waals surface area contributed by atoms with Gasteiger partial charge in [0.25, 0.3) is 5.91 Å². The summed E-state index contributed by atoms with van der Waals surface area (Å²) in [6.07, 6.45) is 0. The Hall–Kier alpha value is -4.65. The summed E-state index contributed by atoms with van der Waals surface area (Å²) < 4.78 is 23.4. The van der Waals surface area contributed by atoms with E-state index in [9.17, 15) is 4.79 Å². The molecule has 0 bridgehead atoms. The molecule has 4 aromatic rings. The van der Waals surface area contributed by atoms with Crippen LogP contribution in [0.3, 0.4) is 0 Å². The number of hydrogen-bond donors (Lipinski definition) is 2. The number of carbonyl (C=O) groups excluding carboxylic acids is 1. The molecule has 0 radical (unpaired) electrons. The standard InChI is InChI=1S/C30H30N2O5/c1-31-30(33)26-14-15-27(36-19-21-10-6-4-7-11-21)29(37-20-22-12-8-5-9-13-22)28(26)32-23-16-24(34-2)18-25(17-23)35-3/h4-18,32H,19-20H2,1-3H3,(H,31,33). The molecule has 1 amide bonds. The predicted molar refractivity (Wildman–Crippen MR) is 144 cm³/mol. The van der Waals surface area contributed by atoms with Gasteiger partial charge in [0.1, 0.15) is 24.7 Å². The second-order valence-electron chi connectivity index (χ2n) is 8.17. The molecule has 0 fully saturated rings. The van der Waals surface area contributed by atoms with Crippen LogP contribution in [-0.4, -0.2) is 27.2 Å². The van der Waals surface area contributed by atoms with Crippen molar-refractivity contribution in [2.45, 2.75) is 13.2 Å². The van der Waals surface area contributed by atoms with Gasteiger partial charge < -0.3 is 29.6 Å². The van der Waals surface area contributed by atoms with E-state index in [4.69, 9.17) is 18.9 Å². The van der Waals surface area contributed by atoms with Crippen LogP contribution in [0.5, 0.6) is 23.0 Å². The van der Waals surface area contributed by atoms with Gasteiger partial charge in [-0.1, -0.05) is 60.7 Å². The van der Waals surface area contributed by atoms with E-state index in [1.807, 2.05) is 72.8 Å². The summed E-state index contributed by atoms with van der Waals surface area (Å²) >= 11 is 0. The van der Waals surface area contributed by atoms with E-state index in [1.165, 1.54) is 0 Å². The summed E-state index contributed by atoms with van der Waals surface area (Å²) in [6.45, 7) is 0.629. The molecule has 190 valence electrons. The summed E-state index contributed by atoms with van der Waals surface area (Å²) in [4.78, 5) is 12.9. The van der Waals surface area contributed by atoms with Gasteiger partial charge in [0.2, 0.25) is 0 Å². The minimum Gasteiger partial charge on any atom is -0.497 e. The monoisotopic (exact) mass is 498 g/mol. The Kier molecular flexibility index (Phi) is 8.49. The summed E-state index contributed by atoms with van der Waals surface area (Å²) in [6, 6.07) is 28.6. The highest BCUT2D eigenvalue weighted by molar-refractivity contribution is 6.02. The van der Waals surface area contributed by atoms with Crippen molar-refractivity contribution in [1.29, 1.82) is 0 Å². The number of methoxy groups -OCH3 is 2. The zero-order valence-electron chi connectivity index (χ0n) is 21.1.